The van der Waals surface area contributed by atoms with Gasteiger partial charge in [-0.15, -0.1) is 0 Å². The minimum Gasteiger partial charge on any atom is -0.0884 e. The van der Waals surface area contributed by atoms with E-state index in [0.717, 1.165) is 12.3 Å². The summed E-state index contributed by atoms with van der Waals surface area (Å²) in [4.78, 5) is 0.582. The van der Waals surface area contributed by atoms with Crippen LogP contribution in [-0.4, -0.2) is 4.83 Å². The summed E-state index contributed by atoms with van der Waals surface area (Å²) < 4.78 is 0. The third-order valence-electron chi connectivity index (χ3n) is 5.32. The maximum Gasteiger partial charge on any atom is 0.0219 e. The second kappa shape index (κ2) is 6.12. The number of hydrogen-bond acceptors (Lipinski definition) is 0. The molecule has 0 heterocycles. The van der Waals surface area contributed by atoms with E-state index in [1.54, 1.807) is 0 Å². The van der Waals surface area contributed by atoms with Crippen LogP contribution in [0.5, 0.6) is 0 Å². The molecule has 1 aliphatic carbocycles. The molecule has 1 aliphatic rings. The molecule has 2 atom stereocenters. The van der Waals surface area contributed by atoms with Gasteiger partial charge in [-0.1, -0.05) is 85.1 Å². The molecule has 0 aliphatic heterocycles. The zero-order chi connectivity index (χ0) is 14.9. The van der Waals surface area contributed by atoms with Crippen LogP contribution >= 0.6 is 15.9 Å². The SMILES string of the molecule is CC1(C)CCCCC1C(Br)Cc1cccc2ccccc12. The first-order valence-corrected chi connectivity index (χ1v) is 9.10. The maximum absolute atomic E-state index is 4.04. The number of hydrogen-bond donors (Lipinski definition) is 0. The average molecular weight is 345 g/mol. The summed E-state index contributed by atoms with van der Waals surface area (Å²) in [5, 5.41) is 2.77. The molecular weight excluding hydrogens is 320 g/mol. The molecule has 1 heteroatoms. The van der Waals surface area contributed by atoms with Crippen molar-refractivity contribution in [2.75, 3.05) is 0 Å². The van der Waals surface area contributed by atoms with Crippen LogP contribution in [0.1, 0.15) is 45.1 Å². The summed E-state index contributed by atoms with van der Waals surface area (Å²) in [5.41, 5.74) is 1.95. The number of alkyl halides is 1. The predicted octanol–water partition coefficient (Wildman–Crippen LogP) is 6.36. The number of halogens is 1. The van der Waals surface area contributed by atoms with Crippen LogP contribution < -0.4 is 0 Å². The summed E-state index contributed by atoms with van der Waals surface area (Å²) in [5.74, 6) is 0.783. The van der Waals surface area contributed by atoms with Gasteiger partial charge in [0.05, 0.1) is 0 Å². The normalized spacial score (nSPS) is 23.1. The fourth-order valence-electron chi connectivity index (χ4n) is 4.01. The monoisotopic (exact) mass is 344 g/mol. The first-order valence-electron chi connectivity index (χ1n) is 8.19. The quantitative estimate of drug-likeness (QED) is 0.568. The van der Waals surface area contributed by atoms with E-state index in [2.05, 4.69) is 72.2 Å². The van der Waals surface area contributed by atoms with Gasteiger partial charge < -0.3 is 0 Å². The topological polar surface area (TPSA) is 0 Å². The van der Waals surface area contributed by atoms with E-state index < -0.39 is 0 Å². The Bertz CT molecular complexity index is 609. The van der Waals surface area contributed by atoms with Gasteiger partial charge in [-0.3, -0.25) is 0 Å². The first-order chi connectivity index (χ1) is 10.1. The van der Waals surface area contributed by atoms with Gasteiger partial charge >= 0.3 is 0 Å². The number of fused-ring (bicyclic) bond motifs is 1. The Hall–Kier alpha value is -0.820. The van der Waals surface area contributed by atoms with Crippen LogP contribution in [0.4, 0.5) is 0 Å². The van der Waals surface area contributed by atoms with Gasteiger partial charge in [0.15, 0.2) is 0 Å². The van der Waals surface area contributed by atoms with Gasteiger partial charge in [-0.25, -0.2) is 0 Å². The van der Waals surface area contributed by atoms with Crippen LogP contribution in [0.25, 0.3) is 10.8 Å². The molecule has 2 unspecified atom stereocenters. The Balaban J connectivity index is 1.84. The van der Waals surface area contributed by atoms with Gasteiger partial charge in [0.25, 0.3) is 0 Å². The Morgan fingerprint density at radius 3 is 2.67 bits per heavy atom. The molecular formula is C20H25Br. The van der Waals surface area contributed by atoms with Crippen LogP contribution in [0.2, 0.25) is 0 Å². The molecule has 0 amide bonds. The molecule has 0 aromatic heterocycles. The lowest BCUT2D eigenvalue weighted by Gasteiger charge is -2.41. The number of benzene rings is 2. The minimum absolute atomic E-state index is 0.469. The fraction of sp³-hybridized carbons (Fsp3) is 0.500. The Kier molecular flexibility index (Phi) is 4.40. The molecule has 21 heavy (non-hydrogen) atoms. The van der Waals surface area contributed by atoms with Gasteiger partial charge in [0, 0.05) is 4.83 Å². The molecule has 0 N–H and O–H groups in total. The summed E-state index contributed by atoms with van der Waals surface area (Å²) >= 11 is 4.04. The van der Waals surface area contributed by atoms with Crippen molar-refractivity contribution in [3.8, 4) is 0 Å². The van der Waals surface area contributed by atoms with Crippen molar-refractivity contribution in [2.45, 2.75) is 50.8 Å². The largest absolute Gasteiger partial charge is 0.0884 e. The van der Waals surface area contributed by atoms with Gasteiger partial charge in [-0.05, 0) is 46.9 Å². The fourth-order valence-corrected chi connectivity index (χ4v) is 5.34. The molecule has 0 radical (unpaired) electrons. The van der Waals surface area contributed by atoms with E-state index in [-0.39, 0.29) is 0 Å². The van der Waals surface area contributed by atoms with Crippen molar-refractivity contribution >= 4 is 26.7 Å². The molecule has 2 aromatic carbocycles. The summed E-state index contributed by atoms with van der Waals surface area (Å²) in [6.45, 7) is 4.91. The Morgan fingerprint density at radius 1 is 1.10 bits per heavy atom. The summed E-state index contributed by atoms with van der Waals surface area (Å²) in [7, 11) is 0. The van der Waals surface area contributed by atoms with E-state index in [9.17, 15) is 0 Å². The summed E-state index contributed by atoms with van der Waals surface area (Å²) in [6.07, 6.45) is 6.67. The van der Waals surface area contributed by atoms with Crippen molar-refractivity contribution < 1.29 is 0 Å². The third kappa shape index (κ3) is 3.18. The van der Waals surface area contributed by atoms with Crippen molar-refractivity contribution in [1.82, 2.24) is 0 Å². The molecule has 2 aromatic rings. The molecule has 0 bridgehead atoms. The van der Waals surface area contributed by atoms with Crippen molar-refractivity contribution in [2.24, 2.45) is 11.3 Å². The first kappa shape index (κ1) is 15.1. The maximum atomic E-state index is 4.04. The number of rotatable bonds is 3. The smallest absolute Gasteiger partial charge is 0.0219 e. The molecule has 1 saturated carbocycles. The van der Waals surface area contributed by atoms with Crippen LogP contribution in [0.3, 0.4) is 0 Å². The molecule has 1 fully saturated rings. The van der Waals surface area contributed by atoms with Crippen LogP contribution in [0.15, 0.2) is 42.5 Å². The highest BCUT2D eigenvalue weighted by molar-refractivity contribution is 9.09. The highest BCUT2D eigenvalue weighted by Gasteiger charge is 2.36. The lowest BCUT2D eigenvalue weighted by Crippen LogP contribution is -2.35. The third-order valence-corrected chi connectivity index (χ3v) is 6.28. The highest BCUT2D eigenvalue weighted by Crippen LogP contribution is 2.45. The average Bonchev–Trinajstić information content (AvgIpc) is 2.47. The molecule has 112 valence electrons. The van der Waals surface area contributed by atoms with Crippen LogP contribution in [0, 0.1) is 11.3 Å². The zero-order valence-corrected chi connectivity index (χ0v) is 14.7. The van der Waals surface area contributed by atoms with Gasteiger partial charge in [0.1, 0.15) is 0 Å². The standard InChI is InChI=1S/C20H25Br/c1-20(2)13-6-5-12-18(20)19(21)14-16-10-7-9-15-8-3-4-11-17(15)16/h3-4,7-11,18-19H,5-6,12-14H2,1-2H3. The second-order valence-electron chi connectivity index (χ2n) is 7.20. The lowest BCUT2D eigenvalue weighted by molar-refractivity contribution is 0.136. The van der Waals surface area contributed by atoms with Crippen LogP contribution in [-0.2, 0) is 6.42 Å². The summed E-state index contributed by atoms with van der Waals surface area (Å²) in [6, 6.07) is 15.5. The predicted molar refractivity (Wildman–Crippen MR) is 96.1 cm³/mol. The van der Waals surface area contributed by atoms with Gasteiger partial charge in [-0.2, -0.15) is 0 Å². The van der Waals surface area contributed by atoms with E-state index in [0.29, 0.717) is 10.2 Å². The van der Waals surface area contributed by atoms with E-state index in [4.69, 9.17) is 0 Å². The molecule has 3 rings (SSSR count). The lowest BCUT2D eigenvalue weighted by atomic mass is 9.67. The zero-order valence-electron chi connectivity index (χ0n) is 13.1. The van der Waals surface area contributed by atoms with Gasteiger partial charge in [0.2, 0.25) is 0 Å². The molecule has 0 spiro atoms. The molecule has 0 saturated heterocycles. The van der Waals surface area contributed by atoms with Crippen molar-refractivity contribution in [3.63, 3.8) is 0 Å². The second-order valence-corrected chi connectivity index (χ2v) is 8.38. The highest BCUT2D eigenvalue weighted by atomic mass is 79.9. The minimum atomic E-state index is 0.469. The van der Waals surface area contributed by atoms with Crippen molar-refractivity contribution in [1.29, 1.82) is 0 Å². The Labute approximate surface area is 137 Å². The Morgan fingerprint density at radius 2 is 1.86 bits per heavy atom. The molecule has 0 nitrogen and oxygen atoms in total. The van der Waals surface area contributed by atoms with Crippen molar-refractivity contribution in [3.05, 3.63) is 48.0 Å². The van der Waals surface area contributed by atoms with E-state index in [1.165, 1.54) is 42.0 Å². The van der Waals surface area contributed by atoms with E-state index in [1.807, 2.05) is 0 Å². The van der Waals surface area contributed by atoms with E-state index >= 15 is 0 Å².